The monoisotopic (exact) mass is 298 g/mol. The molecular weight excluding hydrogens is 292 g/mol. The molecule has 0 saturated carbocycles. The molecule has 2 aromatic heterocycles. The number of halogens is 1. The van der Waals surface area contributed by atoms with Crippen molar-refractivity contribution in [2.24, 2.45) is 0 Å². The number of rotatable bonds is 2. The van der Waals surface area contributed by atoms with Gasteiger partial charge in [-0.25, -0.2) is 14.8 Å². The molecule has 0 fully saturated rings. The van der Waals surface area contributed by atoms with E-state index >= 15 is 0 Å². The van der Waals surface area contributed by atoms with Crippen LogP contribution < -0.4 is 10.6 Å². The van der Waals surface area contributed by atoms with Crippen LogP contribution in [0.15, 0.2) is 34.4 Å². The molecule has 0 saturated heterocycles. The zero-order chi connectivity index (χ0) is 11.4. The van der Waals surface area contributed by atoms with Gasteiger partial charge in [-0.1, -0.05) is 17.4 Å². The average molecular weight is 299 g/mol. The maximum atomic E-state index is 11.5. The molecule has 0 atom stereocenters. The molecule has 2 N–H and O–H groups in total. The van der Waals surface area contributed by atoms with Crippen LogP contribution in [-0.4, -0.2) is 16.0 Å². The topological polar surface area (TPSA) is 66.9 Å². The largest absolute Gasteiger partial charge is 0.326 e. The molecule has 0 unspecified atom stereocenters. The smallest absolute Gasteiger partial charge is 0.292 e. The highest BCUT2D eigenvalue weighted by molar-refractivity contribution is 9.11. The second-order valence-corrected chi connectivity index (χ2v) is 5.17. The second-order valence-electron chi connectivity index (χ2n) is 2.76. The Balaban J connectivity index is 1.95. The molecule has 0 bridgehead atoms. The van der Waals surface area contributed by atoms with Crippen molar-refractivity contribution in [3.05, 3.63) is 34.4 Å². The first kappa shape index (κ1) is 11.0. The summed E-state index contributed by atoms with van der Waals surface area (Å²) < 4.78 is 0.862. The lowest BCUT2D eigenvalue weighted by molar-refractivity contribution is 0.262. The summed E-state index contributed by atoms with van der Waals surface area (Å²) in [6, 6.07) is 4.92. The van der Waals surface area contributed by atoms with Crippen LogP contribution in [0, 0.1) is 0 Å². The minimum atomic E-state index is -0.361. The number of nitrogens with one attached hydrogen (secondary N) is 2. The third-order valence-corrected chi connectivity index (χ3v) is 3.00. The number of anilines is 2. The molecule has 2 rings (SSSR count). The number of urea groups is 1. The molecule has 0 radical (unpaired) electrons. The van der Waals surface area contributed by atoms with Gasteiger partial charge in [-0.15, -0.1) is 0 Å². The Bertz CT molecular complexity index is 487. The van der Waals surface area contributed by atoms with Crippen molar-refractivity contribution in [1.29, 1.82) is 0 Å². The van der Waals surface area contributed by atoms with Gasteiger partial charge in [0, 0.05) is 6.20 Å². The van der Waals surface area contributed by atoms with Gasteiger partial charge in [-0.3, -0.25) is 10.6 Å². The van der Waals surface area contributed by atoms with Gasteiger partial charge in [-0.2, -0.15) is 0 Å². The summed E-state index contributed by atoms with van der Waals surface area (Å²) in [5.41, 5.74) is 0. The molecule has 5 nitrogen and oxygen atoms in total. The van der Waals surface area contributed by atoms with Gasteiger partial charge in [0.2, 0.25) is 0 Å². The first-order chi connectivity index (χ1) is 7.74. The third-order valence-electron chi connectivity index (χ3n) is 1.60. The van der Waals surface area contributed by atoms with Crippen molar-refractivity contribution in [1.82, 2.24) is 9.97 Å². The first-order valence-electron chi connectivity index (χ1n) is 4.34. The summed E-state index contributed by atoms with van der Waals surface area (Å²) in [6.45, 7) is 0. The van der Waals surface area contributed by atoms with Gasteiger partial charge in [-0.05, 0) is 28.1 Å². The van der Waals surface area contributed by atoms with E-state index in [1.165, 1.54) is 11.3 Å². The highest BCUT2D eigenvalue weighted by atomic mass is 79.9. The Hall–Kier alpha value is -1.47. The van der Waals surface area contributed by atoms with Crippen LogP contribution in [0.5, 0.6) is 0 Å². The van der Waals surface area contributed by atoms with Crippen molar-refractivity contribution < 1.29 is 4.79 Å². The molecule has 0 aromatic carbocycles. The van der Waals surface area contributed by atoms with Crippen LogP contribution in [0.1, 0.15) is 0 Å². The number of carbonyl (C=O) groups excluding carboxylic acids is 1. The highest BCUT2D eigenvalue weighted by Gasteiger charge is 2.05. The summed E-state index contributed by atoms with van der Waals surface area (Å²) in [5, 5.41) is 5.72. The molecule has 2 aromatic rings. The van der Waals surface area contributed by atoms with Crippen molar-refractivity contribution in [2.45, 2.75) is 0 Å². The SMILES string of the molecule is O=C(Nc1ccccn1)Nc1ncc(Br)s1. The number of pyridine rings is 1. The van der Waals surface area contributed by atoms with E-state index in [1.54, 1.807) is 30.6 Å². The van der Waals surface area contributed by atoms with Gasteiger partial charge >= 0.3 is 6.03 Å². The predicted octanol–water partition coefficient (Wildman–Crippen LogP) is 2.94. The van der Waals surface area contributed by atoms with E-state index in [0.717, 1.165) is 3.79 Å². The van der Waals surface area contributed by atoms with E-state index in [-0.39, 0.29) is 6.03 Å². The summed E-state index contributed by atoms with van der Waals surface area (Å²) in [7, 11) is 0. The molecular formula is C9H7BrN4OS. The van der Waals surface area contributed by atoms with E-state index in [0.29, 0.717) is 10.9 Å². The second kappa shape index (κ2) is 5.04. The van der Waals surface area contributed by atoms with E-state index in [2.05, 4.69) is 36.5 Å². The lowest BCUT2D eigenvalue weighted by Gasteiger charge is -2.03. The fourth-order valence-corrected chi connectivity index (χ4v) is 2.10. The van der Waals surface area contributed by atoms with Crippen molar-refractivity contribution in [3.8, 4) is 0 Å². The molecule has 0 spiro atoms. The number of thiazole rings is 1. The van der Waals surface area contributed by atoms with Gasteiger partial charge in [0.1, 0.15) is 5.82 Å². The Morgan fingerprint density at radius 2 is 2.19 bits per heavy atom. The van der Waals surface area contributed by atoms with E-state index in [4.69, 9.17) is 0 Å². The van der Waals surface area contributed by atoms with Crippen LogP contribution in [0.4, 0.5) is 15.7 Å². The number of aromatic nitrogens is 2. The lowest BCUT2D eigenvalue weighted by atomic mass is 10.5. The summed E-state index contributed by atoms with van der Waals surface area (Å²) in [4.78, 5) is 19.4. The van der Waals surface area contributed by atoms with Crippen molar-refractivity contribution in [2.75, 3.05) is 10.6 Å². The standard InChI is InChI=1S/C9H7BrN4OS/c10-6-5-12-9(16-6)14-8(15)13-7-3-1-2-4-11-7/h1-5H,(H2,11,12,13,14,15). The number of amides is 2. The third kappa shape index (κ3) is 3.01. The van der Waals surface area contributed by atoms with Crippen molar-refractivity contribution in [3.63, 3.8) is 0 Å². The minimum Gasteiger partial charge on any atom is -0.292 e. The van der Waals surface area contributed by atoms with E-state index in [1.807, 2.05) is 0 Å². The Labute approximate surface area is 104 Å². The Kier molecular flexibility index (Phi) is 3.47. The number of hydrogen-bond acceptors (Lipinski definition) is 4. The van der Waals surface area contributed by atoms with Gasteiger partial charge in [0.25, 0.3) is 0 Å². The number of hydrogen-bond donors (Lipinski definition) is 2. The predicted molar refractivity (Wildman–Crippen MR) is 66.7 cm³/mol. The summed E-state index contributed by atoms with van der Waals surface area (Å²) in [5.74, 6) is 0.496. The highest BCUT2D eigenvalue weighted by Crippen LogP contribution is 2.23. The van der Waals surface area contributed by atoms with E-state index < -0.39 is 0 Å². The quantitative estimate of drug-likeness (QED) is 0.896. The first-order valence-corrected chi connectivity index (χ1v) is 5.95. The fraction of sp³-hybridized carbons (Fsp3) is 0. The molecule has 2 amide bonds. The molecule has 16 heavy (non-hydrogen) atoms. The average Bonchev–Trinajstić information content (AvgIpc) is 2.65. The number of carbonyl (C=O) groups is 1. The normalized spacial score (nSPS) is 9.81. The van der Waals surface area contributed by atoms with Gasteiger partial charge in [0.15, 0.2) is 5.13 Å². The fourth-order valence-electron chi connectivity index (χ4n) is 0.994. The number of nitrogens with zero attached hydrogens (tertiary/aromatic N) is 2. The minimum absolute atomic E-state index is 0.361. The zero-order valence-corrected chi connectivity index (χ0v) is 10.4. The molecule has 82 valence electrons. The molecule has 0 aliphatic heterocycles. The Morgan fingerprint density at radius 3 is 2.81 bits per heavy atom. The molecule has 7 heteroatoms. The van der Waals surface area contributed by atoms with E-state index in [9.17, 15) is 4.79 Å². The molecule has 2 heterocycles. The lowest BCUT2D eigenvalue weighted by Crippen LogP contribution is -2.19. The molecule has 0 aliphatic carbocycles. The van der Waals surface area contributed by atoms with Crippen LogP contribution in [0.3, 0.4) is 0 Å². The van der Waals surface area contributed by atoms with Crippen LogP contribution in [0.25, 0.3) is 0 Å². The van der Waals surface area contributed by atoms with Crippen molar-refractivity contribution >= 4 is 44.2 Å². The maximum absolute atomic E-state index is 11.5. The van der Waals surface area contributed by atoms with Gasteiger partial charge in [0.05, 0.1) is 9.98 Å². The van der Waals surface area contributed by atoms with Crippen LogP contribution in [0.2, 0.25) is 0 Å². The summed E-state index contributed by atoms with van der Waals surface area (Å²) >= 11 is 4.60. The summed E-state index contributed by atoms with van der Waals surface area (Å²) in [6.07, 6.45) is 3.23. The molecule has 0 aliphatic rings. The van der Waals surface area contributed by atoms with Crippen LogP contribution in [-0.2, 0) is 0 Å². The maximum Gasteiger partial charge on any atom is 0.326 e. The van der Waals surface area contributed by atoms with Gasteiger partial charge < -0.3 is 0 Å². The Morgan fingerprint density at radius 1 is 1.31 bits per heavy atom. The van der Waals surface area contributed by atoms with Crippen LogP contribution >= 0.6 is 27.3 Å². The zero-order valence-electron chi connectivity index (χ0n) is 7.98.